The number of rotatable bonds is 5. The Morgan fingerprint density at radius 3 is 1.85 bits per heavy atom. The van der Waals surface area contributed by atoms with Gasteiger partial charge in [-0.2, -0.15) is 0 Å². The van der Waals surface area contributed by atoms with Gasteiger partial charge in [-0.05, 0) is 130 Å². The van der Waals surface area contributed by atoms with E-state index in [1.807, 2.05) is 6.20 Å². The summed E-state index contributed by atoms with van der Waals surface area (Å²) in [4.78, 5) is 20.1. The lowest BCUT2D eigenvalue weighted by atomic mass is 9.82. The minimum Gasteiger partial charge on any atom is -0.261 e. The maximum Gasteiger partial charge on any atom is 0.161 e. The molecule has 1 aromatic heterocycles. The molecule has 0 radical (unpaired) electrons. The first-order chi connectivity index (χ1) is 26.6. The highest BCUT2D eigenvalue weighted by Crippen LogP contribution is 2.54. The van der Waals surface area contributed by atoms with Crippen molar-refractivity contribution in [3.05, 3.63) is 171 Å². The molecule has 5 aromatic carbocycles. The molecule has 4 nitrogen and oxygen atoms in total. The van der Waals surface area contributed by atoms with Crippen LogP contribution in [0.25, 0.3) is 33.5 Å². The number of benzene rings is 5. The second-order valence-electron chi connectivity index (χ2n) is 17.2. The van der Waals surface area contributed by atoms with Gasteiger partial charge in [-0.3, -0.25) is 9.98 Å². The number of aliphatic imine (C=N–C) groups is 3. The van der Waals surface area contributed by atoms with Crippen LogP contribution < -0.4 is 0 Å². The summed E-state index contributed by atoms with van der Waals surface area (Å²) in [5.41, 5.74) is 19.6. The molecule has 0 saturated heterocycles. The molecule has 0 amide bonds. The number of fused-ring (bicyclic) bond motifs is 11. The second kappa shape index (κ2) is 12.4. The van der Waals surface area contributed by atoms with Crippen molar-refractivity contribution in [2.24, 2.45) is 15.0 Å². The first kappa shape index (κ1) is 33.8. The second-order valence-corrected chi connectivity index (χ2v) is 17.2. The lowest BCUT2D eigenvalue weighted by molar-refractivity contribution is 0.660. The average Bonchev–Trinajstić information content (AvgIpc) is 3.94. The molecule has 1 saturated carbocycles. The zero-order valence-corrected chi connectivity index (χ0v) is 32.4. The predicted octanol–water partition coefficient (Wildman–Crippen LogP) is 12.1. The summed E-state index contributed by atoms with van der Waals surface area (Å²) < 4.78 is 0. The van der Waals surface area contributed by atoms with Crippen LogP contribution in [0.4, 0.5) is 0 Å². The Morgan fingerprint density at radius 2 is 1.24 bits per heavy atom. The Morgan fingerprint density at radius 1 is 0.655 bits per heavy atom. The van der Waals surface area contributed by atoms with Crippen LogP contribution in [0.2, 0.25) is 0 Å². The fourth-order valence-electron chi connectivity index (χ4n) is 10.4. The van der Waals surface area contributed by atoms with Crippen molar-refractivity contribution in [3.63, 3.8) is 0 Å². The van der Waals surface area contributed by atoms with Crippen LogP contribution in [-0.2, 0) is 17.4 Å². The van der Waals surface area contributed by atoms with Crippen molar-refractivity contribution in [2.45, 2.75) is 83.1 Å². The van der Waals surface area contributed by atoms with E-state index < -0.39 is 0 Å². The minimum atomic E-state index is -0.148. The Labute approximate surface area is 324 Å². The zero-order valence-electron chi connectivity index (χ0n) is 32.4. The molecule has 2 atom stereocenters. The Hall–Kier alpha value is -5.74. The molecule has 4 aliphatic carbocycles. The lowest BCUT2D eigenvalue weighted by Crippen LogP contribution is -2.16. The van der Waals surface area contributed by atoms with Crippen molar-refractivity contribution >= 4 is 18.4 Å². The van der Waals surface area contributed by atoms with Crippen LogP contribution in [0.1, 0.15) is 114 Å². The molecule has 0 aliphatic heterocycles. The van der Waals surface area contributed by atoms with Gasteiger partial charge in [-0.15, -0.1) is 0 Å². The van der Waals surface area contributed by atoms with E-state index in [4.69, 9.17) is 15.0 Å². The molecule has 6 aromatic rings. The number of aromatic nitrogens is 1. The summed E-state index contributed by atoms with van der Waals surface area (Å²) in [7, 11) is 0. The van der Waals surface area contributed by atoms with Crippen molar-refractivity contribution in [1.29, 1.82) is 0 Å². The topological polar surface area (TPSA) is 50.0 Å². The van der Waals surface area contributed by atoms with Crippen molar-refractivity contribution in [2.75, 3.05) is 0 Å². The molecule has 2 bridgehead atoms. The van der Waals surface area contributed by atoms with Gasteiger partial charge < -0.3 is 0 Å². The van der Waals surface area contributed by atoms with E-state index in [0.29, 0.717) is 18.2 Å². The van der Waals surface area contributed by atoms with Crippen LogP contribution >= 0.6 is 0 Å². The highest BCUT2D eigenvalue weighted by atomic mass is 15.0. The highest BCUT2D eigenvalue weighted by Gasteiger charge is 2.38. The number of aryl methyl sites for hydroxylation is 1. The third kappa shape index (κ3) is 5.25. The molecular formula is C51H46N4. The zero-order chi connectivity index (χ0) is 37.6. The van der Waals surface area contributed by atoms with Gasteiger partial charge in [0.05, 0.1) is 12.2 Å². The number of amidine groups is 2. The van der Waals surface area contributed by atoms with Crippen LogP contribution in [-0.4, -0.2) is 23.4 Å². The summed E-state index contributed by atoms with van der Waals surface area (Å²) in [6.07, 6.45) is 5.98. The smallest absolute Gasteiger partial charge is 0.161 e. The highest BCUT2D eigenvalue weighted by molar-refractivity contribution is 6.13. The molecule has 10 rings (SSSR count). The normalized spacial score (nSPS) is 19.4. The monoisotopic (exact) mass is 714 g/mol. The average molecular weight is 715 g/mol. The maximum atomic E-state index is 5.25. The van der Waals surface area contributed by atoms with E-state index in [1.54, 1.807) is 11.1 Å². The van der Waals surface area contributed by atoms with Crippen LogP contribution in [0.3, 0.4) is 0 Å². The first-order valence-electron chi connectivity index (χ1n) is 19.8. The van der Waals surface area contributed by atoms with Gasteiger partial charge in [0.2, 0.25) is 0 Å². The number of nitrogens with zero attached hydrogens (tertiary/aromatic N) is 4. The summed E-state index contributed by atoms with van der Waals surface area (Å²) in [5.74, 6) is 2.68. The van der Waals surface area contributed by atoms with Crippen LogP contribution in [0.5, 0.6) is 0 Å². The van der Waals surface area contributed by atoms with E-state index in [9.17, 15) is 0 Å². The Kier molecular flexibility index (Phi) is 7.62. The van der Waals surface area contributed by atoms with Gasteiger partial charge in [0.25, 0.3) is 0 Å². The summed E-state index contributed by atoms with van der Waals surface area (Å²) >= 11 is 0. The SMILES string of the molecule is C=NC(=NC(=NCc1cnc(-c2ccc3c(c2)C2CCC3C2)c(C)c1)c1ccc2c(c1)C(C)(C)c1ccccc1-2)c1ccc2c(c1)C(C)(C)c1ccccc1-2. The fourth-order valence-corrected chi connectivity index (χ4v) is 10.4. The van der Waals surface area contributed by atoms with Crippen LogP contribution in [0.15, 0.2) is 130 Å². The number of hydrogen-bond acceptors (Lipinski definition) is 2. The Bertz CT molecular complexity index is 2650. The van der Waals surface area contributed by atoms with E-state index in [0.717, 1.165) is 39.8 Å². The standard InChI is InChI=1S/C51H46N4/c1-30-23-31(28-53-47(30)34-17-20-37-32-15-16-33(24-32)42(37)25-34)29-54-49(36-19-22-41-39-12-8-10-14-44(39)51(4,5)46(41)27-36)55-48(52-6)35-18-21-40-38-11-7-9-13-43(38)50(2,3)45(40)26-35/h7-14,17-23,25-28,32-33H,6,15-16,24,29H2,1-5H3. The molecular weight excluding hydrogens is 669 g/mol. The Balaban J connectivity index is 1.04. The largest absolute Gasteiger partial charge is 0.261 e. The molecule has 2 unspecified atom stereocenters. The van der Waals surface area contributed by atoms with Gasteiger partial charge in [-0.25, -0.2) is 9.98 Å². The molecule has 0 N–H and O–H groups in total. The lowest BCUT2D eigenvalue weighted by Gasteiger charge is -2.22. The van der Waals surface area contributed by atoms with Crippen LogP contribution in [0, 0.1) is 6.92 Å². The molecule has 4 heteroatoms. The van der Waals surface area contributed by atoms with Gasteiger partial charge in [0.1, 0.15) is 0 Å². The van der Waals surface area contributed by atoms with E-state index in [-0.39, 0.29) is 10.8 Å². The quantitative estimate of drug-likeness (QED) is 0.130. The fraction of sp³-hybridized carbons (Fsp3) is 0.255. The minimum absolute atomic E-state index is 0.137. The first-order valence-corrected chi connectivity index (χ1v) is 19.8. The molecule has 270 valence electrons. The number of pyridine rings is 1. The predicted molar refractivity (Wildman–Crippen MR) is 228 cm³/mol. The molecule has 1 fully saturated rings. The van der Waals surface area contributed by atoms with Gasteiger partial charge in [0.15, 0.2) is 11.7 Å². The van der Waals surface area contributed by atoms with Crippen molar-refractivity contribution in [1.82, 2.24) is 4.98 Å². The van der Waals surface area contributed by atoms with E-state index in [2.05, 4.69) is 156 Å². The summed E-state index contributed by atoms with van der Waals surface area (Å²) in [5, 5.41) is 0. The molecule has 1 heterocycles. The van der Waals surface area contributed by atoms with E-state index in [1.165, 1.54) is 69.3 Å². The molecule has 4 aliphatic rings. The third-order valence-corrected chi connectivity index (χ3v) is 13.3. The molecule has 0 spiro atoms. The van der Waals surface area contributed by atoms with Crippen molar-refractivity contribution < 1.29 is 0 Å². The molecule has 55 heavy (non-hydrogen) atoms. The number of hydrogen-bond donors (Lipinski definition) is 0. The van der Waals surface area contributed by atoms with Crippen molar-refractivity contribution in [3.8, 4) is 33.5 Å². The summed E-state index contributed by atoms with van der Waals surface area (Å²) in [6.45, 7) is 15.8. The van der Waals surface area contributed by atoms with Gasteiger partial charge in [0, 0.05) is 33.7 Å². The van der Waals surface area contributed by atoms with E-state index >= 15 is 0 Å². The third-order valence-electron chi connectivity index (χ3n) is 13.3. The van der Waals surface area contributed by atoms with Gasteiger partial charge in [-0.1, -0.05) is 119 Å². The maximum absolute atomic E-state index is 5.25. The summed E-state index contributed by atoms with van der Waals surface area (Å²) in [6, 6.07) is 40.0. The van der Waals surface area contributed by atoms with Gasteiger partial charge >= 0.3 is 0 Å².